The molecule has 24 heavy (non-hydrogen) atoms. The summed E-state index contributed by atoms with van der Waals surface area (Å²) in [6.07, 6.45) is 0. The molecule has 0 fully saturated rings. The van der Waals surface area contributed by atoms with Crippen LogP contribution in [0.5, 0.6) is 0 Å². The van der Waals surface area contributed by atoms with E-state index in [1.807, 2.05) is 12.1 Å². The van der Waals surface area contributed by atoms with E-state index >= 15 is 0 Å². The minimum atomic E-state index is -3.16. The van der Waals surface area contributed by atoms with E-state index in [9.17, 15) is 18.5 Å². The molecule has 0 amide bonds. The smallest absolute Gasteiger partial charge is 0.278 e. The second-order valence-electron chi connectivity index (χ2n) is 5.01. The highest BCUT2D eigenvalue weighted by atomic mass is 32.2. The highest BCUT2D eigenvalue weighted by Gasteiger charge is 2.15. The van der Waals surface area contributed by atoms with Gasteiger partial charge in [-0.15, -0.1) is 11.3 Å². The molecular formula is C15H19N3O4S2. The lowest BCUT2D eigenvalue weighted by molar-refractivity contribution is -0.384. The molecule has 0 saturated carbocycles. The largest absolute Gasteiger partial charge is 0.311 e. The second kappa shape index (κ2) is 8.34. The van der Waals surface area contributed by atoms with Crippen molar-refractivity contribution in [2.45, 2.75) is 13.5 Å². The first-order valence-electron chi connectivity index (χ1n) is 7.43. The third-order valence-electron chi connectivity index (χ3n) is 3.33. The first kappa shape index (κ1) is 18.5. The van der Waals surface area contributed by atoms with Crippen LogP contribution in [-0.2, 0) is 16.6 Å². The number of nitro groups is 1. The SMILES string of the molecule is CCS(=O)(=O)NCCNCc1ccc(-c2ccccc2[N+](=O)[O-])s1. The number of para-hydroxylation sites is 1. The summed E-state index contributed by atoms with van der Waals surface area (Å²) >= 11 is 1.48. The number of hydrogen-bond donors (Lipinski definition) is 2. The quantitative estimate of drug-likeness (QED) is 0.401. The maximum Gasteiger partial charge on any atom is 0.278 e. The molecule has 0 bridgehead atoms. The Balaban J connectivity index is 1.91. The minimum absolute atomic E-state index is 0.0666. The topological polar surface area (TPSA) is 101 Å². The molecule has 2 aromatic rings. The molecule has 0 radical (unpaired) electrons. The number of rotatable bonds is 9. The van der Waals surface area contributed by atoms with Crippen molar-refractivity contribution in [3.63, 3.8) is 0 Å². The predicted octanol–water partition coefficient (Wildman–Crippen LogP) is 2.35. The number of nitrogens with zero attached hydrogens (tertiary/aromatic N) is 1. The molecule has 7 nitrogen and oxygen atoms in total. The minimum Gasteiger partial charge on any atom is -0.311 e. The van der Waals surface area contributed by atoms with Gasteiger partial charge in [0.2, 0.25) is 10.0 Å². The summed E-state index contributed by atoms with van der Waals surface area (Å²) in [6.45, 7) is 3.02. The van der Waals surface area contributed by atoms with E-state index in [0.717, 1.165) is 9.75 Å². The Labute approximate surface area is 144 Å². The Hall–Kier alpha value is -1.81. The molecule has 9 heteroatoms. The van der Waals surface area contributed by atoms with Crippen LogP contribution in [0.1, 0.15) is 11.8 Å². The van der Waals surface area contributed by atoms with Crippen molar-refractivity contribution < 1.29 is 13.3 Å². The molecule has 130 valence electrons. The van der Waals surface area contributed by atoms with Gasteiger partial charge in [0, 0.05) is 35.5 Å². The summed E-state index contributed by atoms with van der Waals surface area (Å²) < 4.78 is 25.1. The number of nitrogens with one attached hydrogen (secondary N) is 2. The van der Waals surface area contributed by atoms with Crippen molar-refractivity contribution in [2.75, 3.05) is 18.8 Å². The van der Waals surface area contributed by atoms with Crippen molar-refractivity contribution >= 4 is 27.0 Å². The van der Waals surface area contributed by atoms with Crippen molar-refractivity contribution in [3.8, 4) is 10.4 Å². The third kappa shape index (κ3) is 5.10. The van der Waals surface area contributed by atoms with Gasteiger partial charge in [-0.3, -0.25) is 10.1 Å². The molecule has 0 spiro atoms. The molecule has 0 saturated heterocycles. The molecule has 0 aliphatic carbocycles. The van der Waals surface area contributed by atoms with Crippen LogP contribution in [-0.4, -0.2) is 32.2 Å². The van der Waals surface area contributed by atoms with E-state index in [-0.39, 0.29) is 16.4 Å². The van der Waals surface area contributed by atoms with Crippen LogP contribution in [0.25, 0.3) is 10.4 Å². The zero-order chi connectivity index (χ0) is 17.6. The lowest BCUT2D eigenvalue weighted by atomic mass is 10.1. The van der Waals surface area contributed by atoms with E-state index in [1.165, 1.54) is 17.4 Å². The molecule has 0 aliphatic heterocycles. The summed E-state index contributed by atoms with van der Waals surface area (Å²) in [5.41, 5.74) is 0.697. The maximum absolute atomic E-state index is 11.3. The van der Waals surface area contributed by atoms with E-state index in [2.05, 4.69) is 10.0 Å². The van der Waals surface area contributed by atoms with Gasteiger partial charge < -0.3 is 5.32 Å². The fraction of sp³-hybridized carbons (Fsp3) is 0.333. The molecule has 0 atom stereocenters. The first-order valence-corrected chi connectivity index (χ1v) is 9.90. The number of benzene rings is 1. The van der Waals surface area contributed by atoms with E-state index in [1.54, 1.807) is 25.1 Å². The Morgan fingerprint density at radius 1 is 1.17 bits per heavy atom. The summed E-state index contributed by atoms with van der Waals surface area (Å²) in [5, 5.41) is 14.2. The molecule has 2 N–H and O–H groups in total. The van der Waals surface area contributed by atoms with Crippen LogP contribution >= 0.6 is 11.3 Å². The van der Waals surface area contributed by atoms with Gasteiger partial charge in [-0.2, -0.15) is 0 Å². The Morgan fingerprint density at radius 3 is 2.62 bits per heavy atom. The predicted molar refractivity (Wildman–Crippen MR) is 95.6 cm³/mol. The van der Waals surface area contributed by atoms with E-state index in [0.29, 0.717) is 25.2 Å². The Kier molecular flexibility index (Phi) is 6.44. The lowest BCUT2D eigenvalue weighted by Crippen LogP contribution is -2.32. The van der Waals surface area contributed by atoms with Gasteiger partial charge in [-0.05, 0) is 25.1 Å². The average molecular weight is 369 g/mol. The highest BCUT2D eigenvalue weighted by Crippen LogP contribution is 2.34. The first-order chi connectivity index (χ1) is 11.4. The summed E-state index contributed by atoms with van der Waals surface area (Å²) in [5.74, 6) is 0.0666. The fourth-order valence-electron chi connectivity index (χ4n) is 2.07. The Bertz CT molecular complexity index is 803. The van der Waals surface area contributed by atoms with Crippen LogP contribution in [0.2, 0.25) is 0 Å². The van der Waals surface area contributed by atoms with Gasteiger partial charge >= 0.3 is 0 Å². The van der Waals surface area contributed by atoms with Gasteiger partial charge in [0.1, 0.15) is 0 Å². The monoisotopic (exact) mass is 369 g/mol. The molecule has 0 unspecified atom stereocenters. The average Bonchev–Trinajstić information content (AvgIpc) is 3.03. The molecule has 0 aliphatic rings. The van der Waals surface area contributed by atoms with E-state index < -0.39 is 10.0 Å². The number of nitro benzene ring substituents is 1. The molecular weight excluding hydrogens is 350 g/mol. The van der Waals surface area contributed by atoms with Crippen LogP contribution in [0, 0.1) is 10.1 Å². The Morgan fingerprint density at radius 2 is 1.92 bits per heavy atom. The van der Waals surface area contributed by atoms with Crippen LogP contribution in [0.3, 0.4) is 0 Å². The third-order valence-corrected chi connectivity index (χ3v) is 5.85. The zero-order valence-electron chi connectivity index (χ0n) is 13.2. The van der Waals surface area contributed by atoms with Crippen molar-refractivity contribution in [2.24, 2.45) is 0 Å². The summed E-state index contributed by atoms with van der Waals surface area (Å²) in [7, 11) is -3.16. The molecule has 1 heterocycles. The second-order valence-corrected chi connectivity index (χ2v) is 8.28. The van der Waals surface area contributed by atoms with Crippen LogP contribution in [0.4, 0.5) is 5.69 Å². The van der Waals surface area contributed by atoms with Gasteiger partial charge in [0.25, 0.3) is 5.69 Å². The zero-order valence-corrected chi connectivity index (χ0v) is 14.8. The fourth-order valence-corrected chi connectivity index (χ4v) is 3.70. The molecule has 2 rings (SSSR count). The maximum atomic E-state index is 11.3. The summed E-state index contributed by atoms with van der Waals surface area (Å²) in [4.78, 5) is 12.6. The number of hydrogen-bond acceptors (Lipinski definition) is 6. The standard InChI is InChI=1S/C15H19N3O4S2/c1-2-24(21,22)17-10-9-16-11-12-7-8-15(23-12)13-5-3-4-6-14(13)18(19)20/h3-8,16-17H,2,9-11H2,1H3. The van der Waals surface area contributed by atoms with Crippen LogP contribution in [0.15, 0.2) is 36.4 Å². The van der Waals surface area contributed by atoms with Gasteiger partial charge in [0.05, 0.1) is 16.2 Å². The van der Waals surface area contributed by atoms with Gasteiger partial charge in [0.15, 0.2) is 0 Å². The van der Waals surface area contributed by atoms with E-state index in [4.69, 9.17) is 0 Å². The van der Waals surface area contributed by atoms with Crippen molar-refractivity contribution in [3.05, 3.63) is 51.4 Å². The van der Waals surface area contributed by atoms with Gasteiger partial charge in [-0.1, -0.05) is 12.1 Å². The lowest BCUT2D eigenvalue weighted by Gasteiger charge is -2.05. The normalized spacial score (nSPS) is 11.5. The molecule has 1 aromatic carbocycles. The van der Waals surface area contributed by atoms with Gasteiger partial charge in [-0.25, -0.2) is 13.1 Å². The van der Waals surface area contributed by atoms with Crippen molar-refractivity contribution in [1.82, 2.24) is 10.0 Å². The number of sulfonamides is 1. The van der Waals surface area contributed by atoms with Crippen molar-refractivity contribution in [1.29, 1.82) is 0 Å². The number of thiophene rings is 1. The van der Waals surface area contributed by atoms with Crippen LogP contribution < -0.4 is 10.0 Å². The molecule has 1 aromatic heterocycles. The highest BCUT2D eigenvalue weighted by molar-refractivity contribution is 7.89. The summed E-state index contributed by atoms with van der Waals surface area (Å²) in [6, 6.07) is 10.4.